The Balaban J connectivity index is 1.68. The molecule has 0 fully saturated rings. The fourth-order valence-electron chi connectivity index (χ4n) is 4.11. The van der Waals surface area contributed by atoms with Crippen LogP contribution in [-0.2, 0) is 12.6 Å². The molecule has 190 valence electrons. The summed E-state index contributed by atoms with van der Waals surface area (Å²) in [5.74, 6) is -1.18. The number of benzene rings is 4. The van der Waals surface area contributed by atoms with Crippen LogP contribution in [0.4, 0.5) is 23.2 Å². The smallest absolute Gasteiger partial charge is 0.386 e. The summed E-state index contributed by atoms with van der Waals surface area (Å²) in [5, 5.41) is 25.7. The molecule has 1 amide bonds. The molecule has 0 radical (unpaired) electrons. The molecule has 4 aromatic carbocycles. The molecule has 0 heterocycles. The van der Waals surface area contributed by atoms with Crippen molar-refractivity contribution in [3.8, 4) is 0 Å². The number of carbonyl (C=O) groups is 1. The minimum absolute atomic E-state index is 0.0483. The van der Waals surface area contributed by atoms with Crippen LogP contribution in [0.25, 0.3) is 10.8 Å². The average molecular weight is 512 g/mol. The second-order valence-corrected chi connectivity index (χ2v) is 8.41. The molecule has 37 heavy (non-hydrogen) atoms. The molecule has 0 aliphatic heterocycles. The zero-order chi connectivity index (χ0) is 26.7. The van der Waals surface area contributed by atoms with Gasteiger partial charge >= 0.3 is 6.18 Å². The second-order valence-electron chi connectivity index (χ2n) is 8.41. The number of aliphatic hydroxyl groups is 1. The van der Waals surface area contributed by atoms with E-state index in [1.807, 2.05) is 0 Å². The first kappa shape index (κ1) is 25.8. The number of nitro groups is 1. The fraction of sp³-hybridized carbons (Fsp3) is 0.148. The Kier molecular flexibility index (Phi) is 7.21. The van der Waals surface area contributed by atoms with Crippen LogP contribution < -0.4 is 5.32 Å². The maximum Gasteiger partial charge on any atom is 0.416 e. The Labute approximate surface area is 208 Å². The van der Waals surface area contributed by atoms with Gasteiger partial charge in [-0.3, -0.25) is 14.9 Å². The van der Waals surface area contributed by atoms with Crippen LogP contribution in [0, 0.1) is 15.9 Å². The van der Waals surface area contributed by atoms with Crippen molar-refractivity contribution in [3.05, 3.63) is 123 Å². The molecule has 0 spiro atoms. The fourth-order valence-corrected chi connectivity index (χ4v) is 4.11. The van der Waals surface area contributed by atoms with Gasteiger partial charge in [0, 0.05) is 17.0 Å². The second kappa shape index (κ2) is 10.4. The largest absolute Gasteiger partial charge is 0.416 e. The monoisotopic (exact) mass is 512 g/mol. The first-order chi connectivity index (χ1) is 17.5. The van der Waals surface area contributed by atoms with Gasteiger partial charge in [-0.15, -0.1) is 0 Å². The predicted molar refractivity (Wildman–Crippen MR) is 128 cm³/mol. The van der Waals surface area contributed by atoms with E-state index in [-0.39, 0.29) is 28.6 Å². The number of nitrogens with zero attached hydrogens (tertiary/aromatic N) is 1. The van der Waals surface area contributed by atoms with Crippen molar-refractivity contribution in [1.82, 2.24) is 5.32 Å². The van der Waals surface area contributed by atoms with Crippen molar-refractivity contribution in [2.45, 2.75) is 24.7 Å². The summed E-state index contributed by atoms with van der Waals surface area (Å²) in [5.41, 5.74) is -0.210. The van der Waals surface area contributed by atoms with E-state index in [2.05, 4.69) is 5.32 Å². The highest BCUT2D eigenvalue weighted by molar-refractivity contribution is 6.09. The van der Waals surface area contributed by atoms with E-state index in [0.29, 0.717) is 10.9 Å². The van der Waals surface area contributed by atoms with Crippen LogP contribution in [0.15, 0.2) is 84.9 Å². The van der Waals surface area contributed by atoms with E-state index in [1.165, 1.54) is 54.6 Å². The zero-order valence-electron chi connectivity index (χ0n) is 19.1. The van der Waals surface area contributed by atoms with Crippen molar-refractivity contribution in [1.29, 1.82) is 0 Å². The summed E-state index contributed by atoms with van der Waals surface area (Å²) in [4.78, 5) is 24.2. The molecular weight excluding hydrogens is 492 g/mol. The lowest BCUT2D eigenvalue weighted by molar-refractivity contribution is -0.383. The Morgan fingerprint density at radius 1 is 0.919 bits per heavy atom. The summed E-state index contributed by atoms with van der Waals surface area (Å²) < 4.78 is 52.3. The molecule has 2 atom stereocenters. The van der Waals surface area contributed by atoms with Gasteiger partial charge in [0.25, 0.3) is 11.6 Å². The minimum Gasteiger partial charge on any atom is -0.386 e. The van der Waals surface area contributed by atoms with E-state index in [9.17, 15) is 37.6 Å². The molecule has 0 aliphatic rings. The number of rotatable bonds is 7. The third-order valence-corrected chi connectivity index (χ3v) is 5.99. The third kappa shape index (κ3) is 5.75. The lowest BCUT2D eigenvalue weighted by Gasteiger charge is -2.25. The first-order valence-corrected chi connectivity index (χ1v) is 11.1. The molecule has 4 rings (SSSR count). The van der Waals surface area contributed by atoms with Crippen LogP contribution in [0.1, 0.15) is 33.2 Å². The van der Waals surface area contributed by atoms with Gasteiger partial charge in [-0.25, -0.2) is 4.39 Å². The van der Waals surface area contributed by atoms with Crippen molar-refractivity contribution >= 4 is 22.4 Å². The summed E-state index contributed by atoms with van der Waals surface area (Å²) >= 11 is 0. The van der Waals surface area contributed by atoms with Crippen molar-refractivity contribution in [2.24, 2.45) is 0 Å². The Bertz CT molecular complexity index is 1440. The summed E-state index contributed by atoms with van der Waals surface area (Å²) in [6, 6.07) is 17.0. The zero-order valence-corrected chi connectivity index (χ0v) is 19.1. The highest BCUT2D eigenvalue weighted by Gasteiger charge is 2.30. The van der Waals surface area contributed by atoms with Crippen molar-refractivity contribution < 1.29 is 32.4 Å². The number of nitro benzene ring substituents is 1. The normalized spacial score (nSPS) is 13.2. The summed E-state index contributed by atoms with van der Waals surface area (Å²) in [6.07, 6.45) is -5.90. The van der Waals surface area contributed by atoms with Gasteiger partial charge in [0.2, 0.25) is 0 Å². The number of aliphatic hydroxyl groups excluding tert-OH is 1. The van der Waals surface area contributed by atoms with Crippen LogP contribution >= 0.6 is 0 Å². The number of hydrogen-bond acceptors (Lipinski definition) is 4. The maximum atomic E-state index is 13.4. The van der Waals surface area contributed by atoms with Gasteiger partial charge in [-0.05, 0) is 53.9 Å². The molecule has 0 saturated carbocycles. The van der Waals surface area contributed by atoms with Gasteiger partial charge < -0.3 is 10.4 Å². The third-order valence-electron chi connectivity index (χ3n) is 5.99. The number of non-ortho nitro benzene ring substituents is 1. The van der Waals surface area contributed by atoms with Crippen LogP contribution in [0.2, 0.25) is 0 Å². The number of halogens is 4. The van der Waals surface area contributed by atoms with Crippen LogP contribution in [0.3, 0.4) is 0 Å². The first-order valence-electron chi connectivity index (χ1n) is 11.1. The molecule has 0 bridgehead atoms. The molecule has 0 aliphatic carbocycles. The SMILES string of the molecule is O=C(NC(Cc1ccc(C(F)(F)F)cc1)C(O)c1ccc(F)cc1)c1cccc2c([N+](=O)[O-])cccc12. The van der Waals surface area contributed by atoms with Crippen LogP contribution in [0.5, 0.6) is 0 Å². The number of amides is 1. The molecule has 4 aromatic rings. The van der Waals surface area contributed by atoms with E-state index in [0.717, 1.165) is 24.3 Å². The predicted octanol–water partition coefficient (Wildman–Crippen LogP) is 5.98. The molecule has 6 nitrogen and oxygen atoms in total. The summed E-state index contributed by atoms with van der Waals surface area (Å²) in [6.45, 7) is 0. The molecule has 10 heteroatoms. The quantitative estimate of drug-likeness (QED) is 0.181. The van der Waals surface area contributed by atoms with Gasteiger partial charge in [0.15, 0.2) is 0 Å². The number of nitrogens with one attached hydrogen (secondary N) is 1. The van der Waals surface area contributed by atoms with Crippen molar-refractivity contribution in [2.75, 3.05) is 0 Å². The standard InChI is InChI=1S/C27H20F4N2O4/c28-19-13-9-17(10-14-19)25(34)23(15-16-7-11-18(12-8-16)27(29,30)31)32-26(35)22-5-1-4-21-20(22)3-2-6-24(21)33(36)37/h1-14,23,25,34H,15H2,(H,32,35). The lowest BCUT2D eigenvalue weighted by atomic mass is 9.94. The highest BCUT2D eigenvalue weighted by Crippen LogP contribution is 2.31. The average Bonchev–Trinajstić information content (AvgIpc) is 2.87. The van der Waals surface area contributed by atoms with E-state index in [1.54, 1.807) is 6.07 Å². The minimum atomic E-state index is -4.52. The van der Waals surface area contributed by atoms with Gasteiger partial charge in [-0.1, -0.05) is 42.5 Å². The molecule has 2 unspecified atom stereocenters. The van der Waals surface area contributed by atoms with Crippen LogP contribution in [-0.4, -0.2) is 22.0 Å². The Hall–Kier alpha value is -4.31. The molecule has 0 saturated heterocycles. The van der Waals surface area contributed by atoms with E-state index in [4.69, 9.17) is 0 Å². The molecule has 2 N–H and O–H groups in total. The Morgan fingerprint density at radius 2 is 1.54 bits per heavy atom. The maximum absolute atomic E-state index is 13.4. The number of alkyl halides is 3. The molecular formula is C27H20F4N2O4. The topological polar surface area (TPSA) is 92.5 Å². The van der Waals surface area contributed by atoms with Gasteiger partial charge in [-0.2, -0.15) is 13.2 Å². The highest BCUT2D eigenvalue weighted by atomic mass is 19.4. The van der Waals surface area contributed by atoms with E-state index >= 15 is 0 Å². The summed E-state index contributed by atoms with van der Waals surface area (Å²) in [7, 11) is 0. The molecule has 0 aromatic heterocycles. The lowest BCUT2D eigenvalue weighted by Crippen LogP contribution is -2.41. The number of hydrogen-bond donors (Lipinski definition) is 2. The van der Waals surface area contributed by atoms with Gasteiger partial charge in [0.05, 0.1) is 28.0 Å². The van der Waals surface area contributed by atoms with Crippen molar-refractivity contribution in [3.63, 3.8) is 0 Å². The Morgan fingerprint density at radius 3 is 2.16 bits per heavy atom. The number of fused-ring (bicyclic) bond motifs is 1. The van der Waals surface area contributed by atoms with E-state index < -0.39 is 40.5 Å². The van der Waals surface area contributed by atoms with Gasteiger partial charge in [0.1, 0.15) is 5.82 Å². The number of carbonyl (C=O) groups excluding carboxylic acids is 1.